The van der Waals surface area contributed by atoms with Gasteiger partial charge in [0.25, 0.3) is 5.69 Å². The molecular weight excluding hydrogens is 372 g/mol. The van der Waals surface area contributed by atoms with E-state index in [1.807, 2.05) is 0 Å². The van der Waals surface area contributed by atoms with Crippen LogP contribution in [0, 0.1) is 28.4 Å². The smallest absolute Gasteiger partial charge is 0.271 e. The van der Waals surface area contributed by atoms with Crippen LogP contribution in [0.2, 0.25) is 0 Å². The maximum atomic E-state index is 12.3. The molecule has 1 aromatic heterocycles. The molecule has 1 aliphatic rings. The number of anilines is 2. The van der Waals surface area contributed by atoms with Crippen LogP contribution in [0.1, 0.15) is 17.5 Å². The molecule has 1 amide bonds. The van der Waals surface area contributed by atoms with E-state index in [2.05, 4.69) is 26.2 Å². The van der Waals surface area contributed by atoms with Crippen LogP contribution in [0.25, 0.3) is 0 Å². The van der Waals surface area contributed by atoms with Gasteiger partial charge in [-0.3, -0.25) is 19.8 Å². The molecule has 1 aliphatic heterocycles. The molecule has 1 aromatic carbocycles. The number of carbonyl (C=O) groups is 1. The average Bonchev–Trinajstić information content (AvgIpc) is 2.74. The fraction of sp³-hybridized carbons (Fsp3) is 0.350. The highest BCUT2D eigenvalue weighted by molar-refractivity contribution is 5.92. The number of rotatable bonds is 6. The normalized spacial score (nSPS) is 14.3. The lowest BCUT2D eigenvalue weighted by Gasteiger charge is -2.35. The Balaban J connectivity index is 1.48. The molecular formula is C20H22N6O3. The minimum absolute atomic E-state index is 0.0453. The third kappa shape index (κ3) is 5.27. The summed E-state index contributed by atoms with van der Waals surface area (Å²) in [5, 5.41) is 22.7. The van der Waals surface area contributed by atoms with Crippen molar-refractivity contribution in [3.8, 4) is 6.07 Å². The number of benzene rings is 1. The number of piperazine rings is 1. The number of carbonyl (C=O) groups excluding carboxylic acids is 1. The summed E-state index contributed by atoms with van der Waals surface area (Å²) in [6.45, 7) is 5.54. The van der Waals surface area contributed by atoms with Crippen LogP contribution in [0.5, 0.6) is 0 Å². The first-order valence-electron chi connectivity index (χ1n) is 9.34. The van der Waals surface area contributed by atoms with E-state index in [4.69, 9.17) is 5.26 Å². The summed E-state index contributed by atoms with van der Waals surface area (Å²) in [6, 6.07) is 10.0. The lowest BCUT2D eigenvalue weighted by atomic mass is 10.1. The first-order chi connectivity index (χ1) is 14.0. The molecule has 9 nitrogen and oxygen atoms in total. The summed E-state index contributed by atoms with van der Waals surface area (Å²) in [4.78, 5) is 31.4. The van der Waals surface area contributed by atoms with Gasteiger partial charge in [-0.1, -0.05) is 6.07 Å². The SMILES string of the molecule is Cc1ccc([N+](=O)[O-])cc1NC(=O)CCN1CCN(c2cc(C#N)ccn2)CC1. The quantitative estimate of drug-likeness (QED) is 0.590. The number of aryl methyl sites for hydroxylation is 1. The molecule has 0 aliphatic carbocycles. The van der Waals surface area contributed by atoms with Gasteiger partial charge in [0, 0.05) is 57.5 Å². The molecule has 9 heteroatoms. The van der Waals surface area contributed by atoms with Crippen LogP contribution < -0.4 is 10.2 Å². The number of pyridine rings is 1. The molecule has 1 N–H and O–H groups in total. The molecule has 0 unspecified atom stereocenters. The van der Waals surface area contributed by atoms with E-state index >= 15 is 0 Å². The van der Waals surface area contributed by atoms with Crippen molar-refractivity contribution in [3.05, 3.63) is 57.8 Å². The maximum absolute atomic E-state index is 12.3. The second-order valence-electron chi connectivity index (χ2n) is 6.90. The van der Waals surface area contributed by atoms with Gasteiger partial charge < -0.3 is 10.2 Å². The summed E-state index contributed by atoms with van der Waals surface area (Å²) in [6.07, 6.45) is 1.95. The van der Waals surface area contributed by atoms with Gasteiger partial charge >= 0.3 is 0 Å². The van der Waals surface area contributed by atoms with Crippen LogP contribution in [-0.2, 0) is 4.79 Å². The van der Waals surface area contributed by atoms with Crippen molar-refractivity contribution < 1.29 is 9.72 Å². The number of non-ortho nitro benzene ring substituents is 1. The highest BCUT2D eigenvalue weighted by atomic mass is 16.6. The lowest BCUT2D eigenvalue weighted by Crippen LogP contribution is -2.47. The van der Waals surface area contributed by atoms with Gasteiger partial charge in [0.15, 0.2) is 0 Å². The summed E-state index contributed by atoms with van der Waals surface area (Å²) < 4.78 is 0. The van der Waals surface area contributed by atoms with Gasteiger partial charge in [-0.2, -0.15) is 5.26 Å². The Morgan fingerprint density at radius 3 is 2.72 bits per heavy atom. The van der Waals surface area contributed by atoms with Crippen LogP contribution in [-0.4, -0.2) is 53.4 Å². The van der Waals surface area contributed by atoms with Crippen molar-refractivity contribution in [1.29, 1.82) is 5.26 Å². The first kappa shape index (κ1) is 20.2. The van der Waals surface area contributed by atoms with E-state index in [1.54, 1.807) is 31.3 Å². The predicted molar refractivity (Wildman–Crippen MR) is 109 cm³/mol. The fourth-order valence-electron chi connectivity index (χ4n) is 3.19. The van der Waals surface area contributed by atoms with Crippen LogP contribution in [0.15, 0.2) is 36.5 Å². The molecule has 3 rings (SSSR count). The standard InChI is InChI=1S/C20H22N6O3/c1-15-2-3-17(26(28)29)13-18(15)23-20(27)5-7-24-8-10-25(11-9-24)19-12-16(14-21)4-6-22-19/h2-4,6,12-13H,5,7-11H2,1H3,(H,23,27). The largest absolute Gasteiger partial charge is 0.354 e. The molecule has 150 valence electrons. The highest BCUT2D eigenvalue weighted by Crippen LogP contribution is 2.22. The maximum Gasteiger partial charge on any atom is 0.271 e. The molecule has 0 spiro atoms. The zero-order valence-electron chi connectivity index (χ0n) is 16.2. The molecule has 1 saturated heterocycles. The Bertz CT molecular complexity index is 947. The zero-order chi connectivity index (χ0) is 20.8. The number of hydrogen-bond acceptors (Lipinski definition) is 7. The molecule has 0 saturated carbocycles. The Hall–Kier alpha value is -3.51. The number of nitrogens with one attached hydrogen (secondary N) is 1. The van der Waals surface area contributed by atoms with E-state index < -0.39 is 4.92 Å². The van der Waals surface area contributed by atoms with Gasteiger partial charge in [0.2, 0.25) is 5.91 Å². The van der Waals surface area contributed by atoms with Crippen molar-refractivity contribution in [2.45, 2.75) is 13.3 Å². The minimum Gasteiger partial charge on any atom is -0.354 e. The van der Waals surface area contributed by atoms with Gasteiger partial charge in [-0.15, -0.1) is 0 Å². The van der Waals surface area contributed by atoms with E-state index in [0.717, 1.165) is 37.6 Å². The molecule has 2 aromatic rings. The van der Waals surface area contributed by atoms with Gasteiger partial charge in [-0.05, 0) is 24.6 Å². The Labute approximate surface area is 168 Å². The number of nitrogens with zero attached hydrogens (tertiary/aromatic N) is 5. The van der Waals surface area contributed by atoms with E-state index in [9.17, 15) is 14.9 Å². The number of aromatic nitrogens is 1. The van der Waals surface area contributed by atoms with Crippen molar-refractivity contribution in [2.75, 3.05) is 42.9 Å². The molecule has 0 radical (unpaired) electrons. The number of hydrogen-bond donors (Lipinski definition) is 1. The summed E-state index contributed by atoms with van der Waals surface area (Å²) in [5.41, 5.74) is 1.80. The van der Waals surface area contributed by atoms with Crippen LogP contribution in [0.3, 0.4) is 0 Å². The fourth-order valence-corrected chi connectivity index (χ4v) is 3.19. The summed E-state index contributed by atoms with van der Waals surface area (Å²) in [7, 11) is 0. The van der Waals surface area contributed by atoms with Crippen LogP contribution >= 0.6 is 0 Å². The Morgan fingerprint density at radius 2 is 2.03 bits per heavy atom. The van der Waals surface area contributed by atoms with Crippen molar-refractivity contribution in [3.63, 3.8) is 0 Å². The summed E-state index contributed by atoms with van der Waals surface area (Å²) in [5.74, 6) is 0.627. The number of nitriles is 1. The molecule has 0 bridgehead atoms. The van der Waals surface area contributed by atoms with Crippen molar-refractivity contribution in [1.82, 2.24) is 9.88 Å². The monoisotopic (exact) mass is 394 g/mol. The minimum atomic E-state index is -0.476. The topological polar surface area (TPSA) is 115 Å². The van der Waals surface area contributed by atoms with E-state index in [0.29, 0.717) is 24.2 Å². The Morgan fingerprint density at radius 1 is 1.28 bits per heavy atom. The van der Waals surface area contributed by atoms with E-state index in [-0.39, 0.29) is 11.6 Å². The predicted octanol–water partition coefficient (Wildman–Crippen LogP) is 2.32. The second kappa shape index (κ2) is 9.12. The average molecular weight is 394 g/mol. The van der Waals surface area contributed by atoms with E-state index in [1.165, 1.54) is 12.1 Å². The number of nitro groups is 1. The first-order valence-corrected chi connectivity index (χ1v) is 9.34. The molecule has 2 heterocycles. The van der Waals surface area contributed by atoms with Crippen molar-refractivity contribution >= 4 is 23.1 Å². The number of amides is 1. The second-order valence-corrected chi connectivity index (χ2v) is 6.90. The third-order valence-corrected chi connectivity index (χ3v) is 4.93. The zero-order valence-corrected chi connectivity index (χ0v) is 16.2. The van der Waals surface area contributed by atoms with Crippen LogP contribution in [0.4, 0.5) is 17.2 Å². The molecule has 1 fully saturated rings. The lowest BCUT2D eigenvalue weighted by molar-refractivity contribution is -0.384. The molecule has 29 heavy (non-hydrogen) atoms. The van der Waals surface area contributed by atoms with Gasteiger partial charge in [-0.25, -0.2) is 4.98 Å². The summed E-state index contributed by atoms with van der Waals surface area (Å²) >= 11 is 0. The Kier molecular flexibility index (Phi) is 6.36. The third-order valence-electron chi connectivity index (χ3n) is 4.93. The number of nitro benzene ring substituents is 1. The highest BCUT2D eigenvalue weighted by Gasteiger charge is 2.19. The van der Waals surface area contributed by atoms with Crippen molar-refractivity contribution in [2.24, 2.45) is 0 Å². The van der Waals surface area contributed by atoms with Gasteiger partial charge in [0.1, 0.15) is 5.82 Å². The van der Waals surface area contributed by atoms with Gasteiger partial charge in [0.05, 0.1) is 22.2 Å². The molecule has 0 atom stereocenters.